The third kappa shape index (κ3) is 3.42. The molecule has 2 aromatic rings. The molecular weight excluding hydrogens is 367 g/mol. The summed E-state index contributed by atoms with van der Waals surface area (Å²) in [6.45, 7) is 2.34. The van der Waals surface area contributed by atoms with Gasteiger partial charge in [-0.2, -0.15) is 0 Å². The highest BCUT2D eigenvalue weighted by Crippen LogP contribution is 2.32. The van der Waals surface area contributed by atoms with Gasteiger partial charge in [0.2, 0.25) is 0 Å². The fourth-order valence-corrected chi connectivity index (χ4v) is 2.87. The smallest absolute Gasteiger partial charge is 0.194 e. The quantitative estimate of drug-likeness (QED) is 0.719. The highest BCUT2D eigenvalue weighted by Gasteiger charge is 2.23. The molecule has 0 radical (unpaired) electrons. The first kappa shape index (κ1) is 16.3. The average Bonchev–Trinajstić information content (AvgIpc) is 2.44. The fourth-order valence-electron chi connectivity index (χ4n) is 2.09. The Morgan fingerprint density at radius 3 is 2.38 bits per heavy atom. The van der Waals surface area contributed by atoms with Crippen molar-refractivity contribution in [2.24, 2.45) is 0 Å². The van der Waals surface area contributed by atoms with E-state index in [-0.39, 0.29) is 5.56 Å². The molecule has 0 fully saturated rings. The van der Waals surface area contributed by atoms with Crippen LogP contribution in [0.3, 0.4) is 0 Å². The first-order valence-corrected chi connectivity index (χ1v) is 7.44. The molecule has 1 unspecified atom stereocenters. The molecule has 0 aliphatic rings. The van der Waals surface area contributed by atoms with E-state index in [1.54, 1.807) is 18.2 Å². The van der Waals surface area contributed by atoms with Crippen molar-refractivity contribution in [3.8, 4) is 0 Å². The SMILES string of the molecule is CCNC(c1ccc(Br)cc1Cl)c1ccc(F)c(F)c1F. The van der Waals surface area contributed by atoms with Gasteiger partial charge in [-0.25, -0.2) is 13.2 Å². The highest BCUT2D eigenvalue weighted by molar-refractivity contribution is 9.10. The first-order valence-electron chi connectivity index (χ1n) is 6.27. The van der Waals surface area contributed by atoms with Gasteiger partial charge in [0.15, 0.2) is 17.5 Å². The van der Waals surface area contributed by atoms with Crippen LogP contribution < -0.4 is 5.32 Å². The van der Waals surface area contributed by atoms with Crippen molar-refractivity contribution in [1.29, 1.82) is 0 Å². The largest absolute Gasteiger partial charge is 0.306 e. The molecule has 0 spiro atoms. The molecule has 1 atom stereocenters. The summed E-state index contributed by atoms with van der Waals surface area (Å²) in [7, 11) is 0. The number of hydrogen-bond donors (Lipinski definition) is 1. The molecule has 2 aromatic carbocycles. The van der Waals surface area contributed by atoms with E-state index >= 15 is 0 Å². The summed E-state index contributed by atoms with van der Waals surface area (Å²) in [6.07, 6.45) is 0. The Kier molecular flexibility index (Phi) is 5.30. The lowest BCUT2D eigenvalue weighted by atomic mass is 9.97. The lowest BCUT2D eigenvalue weighted by molar-refractivity contribution is 0.433. The van der Waals surface area contributed by atoms with Crippen LogP contribution in [0, 0.1) is 17.5 Å². The van der Waals surface area contributed by atoms with Gasteiger partial charge in [-0.1, -0.05) is 46.6 Å². The van der Waals surface area contributed by atoms with Crippen molar-refractivity contribution in [1.82, 2.24) is 5.32 Å². The minimum absolute atomic E-state index is 0.0139. The number of halogens is 5. The molecular formula is C15H12BrClF3N. The van der Waals surface area contributed by atoms with Crippen LogP contribution in [-0.4, -0.2) is 6.54 Å². The van der Waals surface area contributed by atoms with E-state index in [9.17, 15) is 13.2 Å². The van der Waals surface area contributed by atoms with Crippen LogP contribution in [0.1, 0.15) is 24.1 Å². The summed E-state index contributed by atoms with van der Waals surface area (Å²) in [5.74, 6) is -3.91. The van der Waals surface area contributed by atoms with E-state index in [2.05, 4.69) is 21.2 Å². The summed E-state index contributed by atoms with van der Waals surface area (Å²) in [6, 6.07) is 6.60. The number of benzene rings is 2. The van der Waals surface area contributed by atoms with Crippen LogP contribution in [0.15, 0.2) is 34.8 Å². The van der Waals surface area contributed by atoms with Crippen LogP contribution in [-0.2, 0) is 0 Å². The number of nitrogens with one attached hydrogen (secondary N) is 1. The van der Waals surface area contributed by atoms with Crippen LogP contribution in [0.4, 0.5) is 13.2 Å². The molecule has 0 aromatic heterocycles. The minimum atomic E-state index is -1.48. The molecule has 0 amide bonds. The van der Waals surface area contributed by atoms with E-state index < -0.39 is 23.5 Å². The van der Waals surface area contributed by atoms with Crippen molar-refractivity contribution in [2.45, 2.75) is 13.0 Å². The predicted molar refractivity (Wildman–Crippen MR) is 81.0 cm³/mol. The Morgan fingerprint density at radius 1 is 1.10 bits per heavy atom. The zero-order chi connectivity index (χ0) is 15.6. The Bertz CT molecular complexity index is 664. The zero-order valence-corrected chi connectivity index (χ0v) is 13.4. The first-order chi connectivity index (χ1) is 9.95. The molecule has 6 heteroatoms. The van der Waals surface area contributed by atoms with Crippen LogP contribution in [0.25, 0.3) is 0 Å². The third-order valence-electron chi connectivity index (χ3n) is 3.06. The zero-order valence-electron chi connectivity index (χ0n) is 11.1. The van der Waals surface area contributed by atoms with Crippen LogP contribution >= 0.6 is 27.5 Å². The topological polar surface area (TPSA) is 12.0 Å². The van der Waals surface area contributed by atoms with E-state index in [1.807, 2.05) is 6.92 Å². The molecule has 0 saturated heterocycles. The van der Waals surface area contributed by atoms with Gasteiger partial charge >= 0.3 is 0 Å². The summed E-state index contributed by atoms with van der Waals surface area (Å²) in [5, 5.41) is 3.44. The van der Waals surface area contributed by atoms with Crippen molar-refractivity contribution in [2.75, 3.05) is 6.54 Å². The van der Waals surface area contributed by atoms with E-state index in [4.69, 9.17) is 11.6 Å². The molecule has 0 saturated carbocycles. The second kappa shape index (κ2) is 6.81. The lowest BCUT2D eigenvalue weighted by Gasteiger charge is -2.21. The van der Waals surface area contributed by atoms with Crippen molar-refractivity contribution in [3.63, 3.8) is 0 Å². The van der Waals surface area contributed by atoms with Gasteiger partial charge in [0.1, 0.15) is 0 Å². The number of hydrogen-bond acceptors (Lipinski definition) is 1. The second-order valence-electron chi connectivity index (χ2n) is 4.42. The molecule has 21 heavy (non-hydrogen) atoms. The van der Waals surface area contributed by atoms with Crippen molar-refractivity contribution < 1.29 is 13.2 Å². The Balaban J connectivity index is 2.56. The van der Waals surface area contributed by atoms with Crippen molar-refractivity contribution >= 4 is 27.5 Å². The molecule has 2 rings (SSSR count). The molecule has 0 aliphatic carbocycles. The molecule has 0 aliphatic heterocycles. The van der Waals surface area contributed by atoms with Gasteiger partial charge in [-0.3, -0.25) is 0 Å². The summed E-state index contributed by atoms with van der Waals surface area (Å²) < 4.78 is 41.3. The monoisotopic (exact) mass is 377 g/mol. The summed E-state index contributed by atoms with van der Waals surface area (Å²) in [4.78, 5) is 0. The maximum Gasteiger partial charge on any atom is 0.194 e. The van der Waals surface area contributed by atoms with Crippen LogP contribution in [0.2, 0.25) is 5.02 Å². The predicted octanol–water partition coefficient (Wildman–Crippen LogP) is 5.22. The maximum absolute atomic E-state index is 14.0. The second-order valence-corrected chi connectivity index (χ2v) is 5.74. The molecule has 1 N–H and O–H groups in total. The molecule has 0 heterocycles. The molecule has 112 valence electrons. The third-order valence-corrected chi connectivity index (χ3v) is 3.88. The van der Waals surface area contributed by atoms with Crippen molar-refractivity contribution in [3.05, 3.63) is 68.4 Å². The number of rotatable bonds is 4. The Morgan fingerprint density at radius 2 is 1.76 bits per heavy atom. The average molecular weight is 379 g/mol. The maximum atomic E-state index is 14.0. The van der Waals surface area contributed by atoms with E-state index in [1.165, 1.54) is 6.07 Å². The van der Waals surface area contributed by atoms with Gasteiger partial charge in [-0.05, 0) is 30.3 Å². The molecule has 0 bridgehead atoms. The van der Waals surface area contributed by atoms with Gasteiger partial charge in [0.25, 0.3) is 0 Å². The van der Waals surface area contributed by atoms with Gasteiger partial charge in [0, 0.05) is 15.1 Å². The fraction of sp³-hybridized carbons (Fsp3) is 0.200. The minimum Gasteiger partial charge on any atom is -0.306 e. The van der Waals surface area contributed by atoms with Gasteiger partial charge < -0.3 is 5.32 Å². The van der Waals surface area contributed by atoms with Gasteiger partial charge in [-0.15, -0.1) is 0 Å². The normalized spacial score (nSPS) is 12.5. The summed E-state index contributed by atoms with van der Waals surface area (Å²) >= 11 is 9.46. The molecule has 1 nitrogen and oxygen atoms in total. The van der Waals surface area contributed by atoms with E-state index in [0.29, 0.717) is 17.1 Å². The Hall–Kier alpha value is -1.04. The highest BCUT2D eigenvalue weighted by atomic mass is 79.9. The lowest BCUT2D eigenvalue weighted by Crippen LogP contribution is -2.24. The standard InChI is InChI=1S/C15H12BrClF3N/c1-2-21-15(9-4-3-8(16)7-11(9)17)10-5-6-12(18)14(20)13(10)19/h3-7,15,21H,2H2,1H3. The van der Waals surface area contributed by atoms with E-state index in [0.717, 1.165) is 10.5 Å². The van der Waals surface area contributed by atoms with Gasteiger partial charge in [0.05, 0.1) is 6.04 Å². The van der Waals surface area contributed by atoms with Crippen LogP contribution in [0.5, 0.6) is 0 Å². The summed E-state index contributed by atoms with van der Waals surface area (Å²) in [5.41, 5.74) is 0.603. The Labute approximate surface area is 134 Å².